The van der Waals surface area contributed by atoms with E-state index in [-0.39, 0.29) is 6.04 Å². The van der Waals surface area contributed by atoms with Crippen LogP contribution in [-0.4, -0.2) is 22.7 Å². The van der Waals surface area contributed by atoms with Gasteiger partial charge >= 0.3 is 0 Å². The number of anilines is 1. The summed E-state index contributed by atoms with van der Waals surface area (Å²) in [4.78, 5) is 6.38. The molecule has 0 amide bonds. The third kappa shape index (κ3) is 3.43. The van der Waals surface area contributed by atoms with Gasteiger partial charge in [0.1, 0.15) is 5.82 Å². The average Bonchev–Trinajstić information content (AvgIpc) is 2.29. The quantitative estimate of drug-likeness (QED) is 0.847. The number of hydrogen-bond acceptors (Lipinski definition) is 4. The number of aliphatic hydroxyl groups is 1. The fourth-order valence-electron chi connectivity index (χ4n) is 1.75. The lowest BCUT2D eigenvalue weighted by atomic mass is 10.1. The average molecular weight is 233 g/mol. The van der Waals surface area contributed by atoms with Gasteiger partial charge in [0.25, 0.3) is 0 Å². The number of aromatic nitrogens is 1. The fourth-order valence-corrected chi connectivity index (χ4v) is 1.75. The maximum atomic E-state index is 9.73. The molecule has 0 bridgehead atoms. The number of rotatable bonds is 5. The van der Waals surface area contributed by atoms with Crippen LogP contribution in [0.15, 0.2) is 18.3 Å². The Hall–Kier alpha value is -1.60. The molecule has 0 aliphatic carbocycles. The summed E-state index contributed by atoms with van der Waals surface area (Å²) in [5, 5.41) is 18.4. The van der Waals surface area contributed by atoms with Crippen molar-refractivity contribution >= 4 is 5.82 Å². The molecule has 0 fully saturated rings. The molecule has 0 aliphatic rings. The molecule has 1 rings (SSSR count). The zero-order valence-corrected chi connectivity index (χ0v) is 10.6. The van der Waals surface area contributed by atoms with Crippen LogP contribution in [0.4, 0.5) is 5.82 Å². The van der Waals surface area contributed by atoms with Crippen LogP contribution in [0, 0.1) is 11.3 Å². The topological polar surface area (TPSA) is 60.2 Å². The molecule has 4 nitrogen and oxygen atoms in total. The SMILES string of the molecule is CC(C)N(CCC#N)c1ncccc1[C@H](C)O. The first kappa shape index (κ1) is 13.5. The van der Waals surface area contributed by atoms with E-state index in [2.05, 4.69) is 24.9 Å². The molecule has 0 radical (unpaired) electrons. The van der Waals surface area contributed by atoms with Crippen molar-refractivity contribution in [2.24, 2.45) is 0 Å². The first-order chi connectivity index (χ1) is 8.07. The van der Waals surface area contributed by atoms with Gasteiger partial charge in [-0.1, -0.05) is 6.07 Å². The summed E-state index contributed by atoms with van der Waals surface area (Å²) in [5.74, 6) is 0.771. The van der Waals surface area contributed by atoms with Crippen molar-refractivity contribution in [3.63, 3.8) is 0 Å². The molecular formula is C13H19N3O. The van der Waals surface area contributed by atoms with E-state index in [4.69, 9.17) is 5.26 Å². The third-order valence-electron chi connectivity index (χ3n) is 2.63. The maximum Gasteiger partial charge on any atom is 0.134 e. The summed E-state index contributed by atoms with van der Waals surface area (Å²) < 4.78 is 0. The third-order valence-corrected chi connectivity index (χ3v) is 2.63. The zero-order chi connectivity index (χ0) is 12.8. The Balaban J connectivity index is 3.05. The van der Waals surface area contributed by atoms with Crippen molar-refractivity contribution in [1.29, 1.82) is 5.26 Å². The highest BCUT2D eigenvalue weighted by atomic mass is 16.3. The molecule has 17 heavy (non-hydrogen) atoms. The van der Waals surface area contributed by atoms with Gasteiger partial charge in [-0.2, -0.15) is 5.26 Å². The second kappa shape index (κ2) is 6.21. The number of nitriles is 1. The van der Waals surface area contributed by atoms with Crippen molar-refractivity contribution in [1.82, 2.24) is 4.98 Å². The molecule has 0 unspecified atom stereocenters. The van der Waals surface area contributed by atoms with E-state index >= 15 is 0 Å². The highest BCUT2D eigenvalue weighted by Gasteiger charge is 2.17. The molecule has 1 N–H and O–H groups in total. The second-order valence-corrected chi connectivity index (χ2v) is 4.29. The van der Waals surface area contributed by atoms with Crippen LogP contribution in [0.3, 0.4) is 0 Å². The van der Waals surface area contributed by atoms with Gasteiger partial charge in [-0.05, 0) is 26.8 Å². The molecule has 1 atom stereocenters. The van der Waals surface area contributed by atoms with Crippen molar-refractivity contribution in [2.75, 3.05) is 11.4 Å². The lowest BCUT2D eigenvalue weighted by molar-refractivity contribution is 0.199. The molecule has 1 heterocycles. The van der Waals surface area contributed by atoms with Gasteiger partial charge in [-0.15, -0.1) is 0 Å². The highest BCUT2D eigenvalue weighted by Crippen LogP contribution is 2.25. The lowest BCUT2D eigenvalue weighted by Gasteiger charge is -2.29. The van der Waals surface area contributed by atoms with E-state index in [0.29, 0.717) is 13.0 Å². The van der Waals surface area contributed by atoms with E-state index in [1.165, 1.54) is 0 Å². The Bertz CT molecular complexity index is 396. The van der Waals surface area contributed by atoms with Gasteiger partial charge in [0, 0.05) is 24.3 Å². The van der Waals surface area contributed by atoms with Gasteiger partial charge in [-0.25, -0.2) is 4.98 Å². The molecule has 92 valence electrons. The van der Waals surface area contributed by atoms with Crippen molar-refractivity contribution in [3.05, 3.63) is 23.9 Å². The smallest absolute Gasteiger partial charge is 0.134 e. The minimum Gasteiger partial charge on any atom is -0.389 e. The lowest BCUT2D eigenvalue weighted by Crippen LogP contribution is -2.33. The molecule has 0 spiro atoms. The maximum absolute atomic E-state index is 9.73. The molecule has 1 aromatic rings. The van der Waals surface area contributed by atoms with Crippen molar-refractivity contribution in [2.45, 2.75) is 39.3 Å². The van der Waals surface area contributed by atoms with Crippen LogP contribution in [0.2, 0.25) is 0 Å². The van der Waals surface area contributed by atoms with Gasteiger partial charge in [0.15, 0.2) is 0 Å². The molecule has 0 saturated heterocycles. The zero-order valence-electron chi connectivity index (χ0n) is 10.6. The standard InChI is InChI=1S/C13H19N3O/c1-10(2)16(9-5-7-14)13-12(11(3)17)6-4-8-15-13/h4,6,8,10-11,17H,5,9H2,1-3H3/t11-/m0/s1. The van der Waals surface area contributed by atoms with E-state index in [9.17, 15) is 5.11 Å². The molecular weight excluding hydrogens is 214 g/mol. The Morgan fingerprint density at radius 2 is 2.18 bits per heavy atom. The molecule has 0 aliphatic heterocycles. The number of pyridine rings is 1. The molecule has 0 saturated carbocycles. The van der Waals surface area contributed by atoms with Crippen LogP contribution in [-0.2, 0) is 0 Å². The number of hydrogen-bond donors (Lipinski definition) is 1. The van der Waals surface area contributed by atoms with Crippen LogP contribution in [0.25, 0.3) is 0 Å². The van der Waals surface area contributed by atoms with Gasteiger partial charge in [0.2, 0.25) is 0 Å². The summed E-state index contributed by atoms with van der Waals surface area (Å²) in [7, 11) is 0. The summed E-state index contributed by atoms with van der Waals surface area (Å²) in [6.07, 6.45) is 1.61. The summed E-state index contributed by atoms with van der Waals surface area (Å²) >= 11 is 0. The minimum absolute atomic E-state index is 0.246. The van der Waals surface area contributed by atoms with Gasteiger partial charge in [-0.3, -0.25) is 0 Å². The van der Waals surface area contributed by atoms with Crippen LogP contribution < -0.4 is 4.90 Å². The Morgan fingerprint density at radius 1 is 1.47 bits per heavy atom. The van der Waals surface area contributed by atoms with E-state index < -0.39 is 6.10 Å². The molecule has 0 aromatic carbocycles. The van der Waals surface area contributed by atoms with E-state index in [1.807, 2.05) is 17.0 Å². The van der Waals surface area contributed by atoms with Crippen LogP contribution >= 0.6 is 0 Å². The normalized spacial score (nSPS) is 12.2. The fraction of sp³-hybridized carbons (Fsp3) is 0.538. The van der Waals surface area contributed by atoms with Crippen LogP contribution in [0.1, 0.15) is 38.9 Å². The predicted molar refractivity (Wildman–Crippen MR) is 67.6 cm³/mol. The number of aliphatic hydroxyl groups excluding tert-OH is 1. The predicted octanol–water partition coefficient (Wildman–Crippen LogP) is 2.26. The summed E-state index contributed by atoms with van der Waals surface area (Å²) in [5.41, 5.74) is 0.805. The van der Waals surface area contributed by atoms with E-state index in [1.54, 1.807) is 13.1 Å². The highest BCUT2D eigenvalue weighted by molar-refractivity contribution is 5.48. The number of nitrogens with zero attached hydrogens (tertiary/aromatic N) is 3. The van der Waals surface area contributed by atoms with E-state index in [0.717, 1.165) is 11.4 Å². The van der Waals surface area contributed by atoms with Crippen molar-refractivity contribution in [3.8, 4) is 6.07 Å². The summed E-state index contributed by atoms with van der Waals surface area (Å²) in [6, 6.07) is 6.07. The first-order valence-electron chi connectivity index (χ1n) is 5.84. The minimum atomic E-state index is -0.554. The Morgan fingerprint density at radius 3 is 2.71 bits per heavy atom. The van der Waals surface area contributed by atoms with Gasteiger partial charge in [0.05, 0.1) is 18.6 Å². The summed E-state index contributed by atoms with van der Waals surface area (Å²) in [6.45, 7) is 6.46. The molecule has 1 aromatic heterocycles. The Labute approximate surface area is 103 Å². The van der Waals surface area contributed by atoms with Gasteiger partial charge < -0.3 is 10.0 Å². The van der Waals surface area contributed by atoms with Crippen LogP contribution in [0.5, 0.6) is 0 Å². The van der Waals surface area contributed by atoms with Crippen molar-refractivity contribution < 1.29 is 5.11 Å². The second-order valence-electron chi connectivity index (χ2n) is 4.29. The molecule has 4 heteroatoms. The largest absolute Gasteiger partial charge is 0.389 e. The monoisotopic (exact) mass is 233 g/mol. The first-order valence-corrected chi connectivity index (χ1v) is 5.84. The Kier molecular flexibility index (Phi) is 4.92.